The largest absolute Gasteiger partial charge is 0.417 e. The number of aliphatic imine (C=N–C) groups is 1. The zero-order valence-corrected chi connectivity index (χ0v) is 14.7. The van der Waals surface area contributed by atoms with E-state index in [-0.39, 0.29) is 5.82 Å². The minimum atomic E-state index is -0.745. The Morgan fingerprint density at radius 3 is 2.93 bits per heavy atom. The van der Waals surface area contributed by atoms with E-state index in [1.165, 1.54) is 17.2 Å². The van der Waals surface area contributed by atoms with Crippen molar-refractivity contribution in [1.29, 1.82) is 0 Å². The number of rotatable bonds is 3. The van der Waals surface area contributed by atoms with Crippen LogP contribution in [0.25, 0.3) is 11.1 Å². The lowest BCUT2D eigenvalue weighted by Gasteiger charge is -2.32. The van der Waals surface area contributed by atoms with Gasteiger partial charge in [-0.3, -0.25) is 9.98 Å². The van der Waals surface area contributed by atoms with Crippen molar-refractivity contribution in [2.75, 3.05) is 0 Å². The lowest BCUT2D eigenvalue weighted by atomic mass is 9.75. The fourth-order valence-corrected chi connectivity index (χ4v) is 4.50. The van der Waals surface area contributed by atoms with Gasteiger partial charge < -0.3 is 4.42 Å². The molecule has 1 aliphatic heterocycles. The van der Waals surface area contributed by atoms with Crippen molar-refractivity contribution in [1.82, 2.24) is 4.98 Å². The van der Waals surface area contributed by atoms with E-state index in [1.807, 2.05) is 12.2 Å². The number of allylic oxidation sites excluding steroid dienone is 1. The molecule has 1 N–H and O–H groups in total. The molecule has 2 unspecified atom stereocenters. The van der Waals surface area contributed by atoms with Crippen LogP contribution in [0.4, 0.5) is 4.39 Å². The van der Waals surface area contributed by atoms with Crippen LogP contribution in [-0.2, 0) is 18.4 Å². The monoisotopic (exact) mass is 362 g/mol. The quantitative estimate of drug-likeness (QED) is 0.755. The third-order valence-electron chi connectivity index (χ3n) is 5.79. The summed E-state index contributed by atoms with van der Waals surface area (Å²) in [5, 5.41) is 0. The number of aryl methyl sites for hydroxylation is 1. The van der Waals surface area contributed by atoms with Gasteiger partial charge in [-0.15, -0.1) is 0 Å². The molecule has 136 valence electrons. The zero-order valence-electron chi connectivity index (χ0n) is 14.7. The summed E-state index contributed by atoms with van der Waals surface area (Å²) in [5.74, 6) is -0.544. The van der Waals surface area contributed by atoms with E-state index in [4.69, 9.17) is 4.42 Å². The number of aromatic nitrogens is 1. The van der Waals surface area contributed by atoms with Crippen LogP contribution >= 0.6 is 0 Å². The van der Waals surface area contributed by atoms with Gasteiger partial charge in [0.25, 0.3) is 0 Å². The molecule has 0 fully saturated rings. The molecule has 2 atom stereocenters. The smallest absolute Gasteiger partial charge is 0.408 e. The zero-order chi connectivity index (χ0) is 18.4. The van der Waals surface area contributed by atoms with Crippen LogP contribution in [0, 0.1) is 11.7 Å². The number of oxazole rings is 1. The molecule has 0 radical (unpaired) electrons. The number of nitrogens with zero attached hydrogens (tertiary/aromatic N) is 1. The summed E-state index contributed by atoms with van der Waals surface area (Å²) >= 11 is 0. The fourth-order valence-electron chi connectivity index (χ4n) is 4.50. The second-order valence-electron chi connectivity index (χ2n) is 7.49. The molecule has 2 heterocycles. The molecule has 0 bridgehead atoms. The van der Waals surface area contributed by atoms with Crippen molar-refractivity contribution in [3.05, 3.63) is 81.6 Å². The Morgan fingerprint density at radius 2 is 2.11 bits per heavy atom. The summed E-state index contributed by atoms with van der Waals surface area (Å²) in [6.45, 7) is 0. The van der Waals surface area contributed by atoms with Crippen LogP contribution in [0.5, 0.6) is 0 Å². The van der Waals surface area contributed by atoms with Crippen LogP contribution < -0.4 is 5.76 Å². The molecule has 0 saturated heterocycles. The van der Waals surface area contributed by atoms with Crippen molar-refractivity contribution < 1.29 is 8.81 Å². The summed E-state index contributed by atoms with van der Waals surface area (Å²) in [5.41, 5.74) is 3.23. The topological polar surface area (TPSA) is 58.4 Å². The lowest BCUT2D eigenvalue weighted by Crippen LogP contribution is -2.27. The second kappa shape index (κ2) is 6.05. The van der Waals surface area contributed by atoms with Crippen LogP contribution in [0.3, 0.4) is 0 Å². The normalized spacial score (nSPS) is 23.8. The van der Waals surface area contributed by atoms with E-state index in [2.05, 4.69) is 34.2 Å². The minimum absolute atomic E-state index is 0.361. The molecule has 4 nitrogen and oxygen atoms in total. The Balaban J connectivity index is 1.52. The third kappa shape index (κ3) is 2.74. The molecule has 0 spiro atoms. The Morgan fingerprint density at radius 1 is 1.26 bits per heavy atom. The van der Waals surface area contributed by atoms with Crippen LogP contribution in [0.15, 0.2) is 62.8 Å². The Bertz CT molecular complexity index is 1130. The molecule has 1 aliphatic carbocycles. The molecule has 2 aliphatic rings. The molecular formula is C22H19FN2O2. The second-order valence-corrected chi connectivity index (χ2v) is 7.49. The van der Waals surface area contributed by atoms with Crippen molar-refractivity contribution in [3.63, 3.8) is 0 Å². The molecule has 0 amide bonds. The molecule has 0 saturated carbocycles. The van der Waals surface area contributed by atoms with Gasteiger partial charge in [0.15, 0.2) is 5.58 Å². The van der Waals surface area contributed by atoms with Gasteiger partial charge in [0.2, 0.25) is 0 Å². The highest BCUT2D eigenvalue weighted by molar-refractivity contribution is 5.78. The van der Waals surface area contributed by atoms with Gasteiger partial charge in [-0.05, 0) is 54.9 Å². The first-order valence-corrected chi connectivity index (χ1v) is 9.26. The molecular weight excluding hydrogens is 343 g/mol. The number of halogens is 1. The van der Waals surface area contributed by atoms with Gasteiger partial charge in [-0.2, -0.15) is 0 Å². The van der Waals surface area contributed by atoms with Crippen molar-refractivity contribution >= 4 is 17.3 Å². The predicted octanol–water partition coefficient (Wildman–Crippen LogP) is 4.29. The highest BCUT2D eigenvalue weighted by atomic mass is 19.1. The van der Waals surface area contributed by atoms with Crippen LogP contribution in [0.1, 0.15) is 29.5 Å². The van der Waals surface area contributed by atoms with E-state index >= 15 is 0 Å². The Hall–Kier alpha value is -2.95. The van der Waals surface area contributed by atoms with E-state index in [0.717, 1.165) is 25.7 Å². The fraction of sp³-hybridized carbons (Fsp3) is 0.273. The van der Waals surface area contributed by atoms with Gasteiger partial charge in [0, 0.05) is 17.8 Å². The summed E-state index contributed by atoms with van der Waals surface area (Å²) in [6, 6.07) is 11.5. The maximum absolute atomic E-state index is 14.9. The molecule has 3 aromatic rings. The number of nitrogens with one attached hydrogen (secondary N) is 1. The molecule has 5 heteroatoms. The first kappa shape index (κ1) is 16.2. The number of aromatic amines is 1. The highest BCUT2D eigenvalue weighted by Crippen LogP contribution is 2.42. The van der Waals surface area contributed by atoms with Gasteiger partial charge in [-0.1, -0.05) is 30.3 Å². The van der Waals surface area contributed by atoms with Crippen molar-refractivity contribution in [3.8, 4) is 0 Å². The molecule has 27 heavy (non-hydrogen) atoms. The van der Waals surface area contributed by atoms with E-state index in [1.54, 1.807) is 12.3 Å². The highest BCUT2D eigenvalue weighted by Gasteiger charge is 2.37. The molecule has 5 rings (SSSR count). The van der Waals surface area contributed by atoms with Gasteiger partial charge in [0.1, 0.15) is 11.4 Å². The van der Waals surface area contributed by atoms with E-state index in [9.17, 15) is 9.18 Å². The molecule has 2 aromatic carbocycles. The average Bonchev–Trinajstić information content (AvgIpc) is 3.27. The average molecular weight is 362 g/mol. The Labute approximate surface area is 155 Å². The van der Waals surface area contributed by atoms with E-state index in [0.29, 0.717) is 22.6 Å². The van der Waals surface area contributed by atoms with Crippen molar-refractivity contribution in [2.45, 2.75) is 31.2 Å². The Kier molecular flexibility index (Phi) is 3.64. The number of H-pyrrole nitrogens is 1. The van der Waals surface area contributed by atoms with Gasteiger partial charge >= 0.3 is 5.76 Å². The first-order chi connectivity index (χ1) is 13.1. The SMILES string of the molecule is O=c1[nH]c2cc(F)c(C3(CC4CCc5ccccc5C4)C=CC=N3)cc2o1. The van der Waals surface area contributed by atoms with Crippen molar-refractivity contribution in [2.24, 2.45) is 10.9 Å². The predicted molar refractivity (Wildman–Crippen MR) is 103 cm³/mol. The number of hydrogen-bond acceptors (Lipinski definition) is 3. The summed E-state index contributed by atoms with van der Waals surface area (Å²) in [6.07, 6.45) is 9.36. The number of hydrogen-bond donors (Lipinski definition) is 1. The maximum atomic E-state index is 14.9. The lowest BCUT2D eigenvalue weighted by molar-refractivity contribution is 0.341. The summed E-state index contributed by atoms with van der Waals surface area (Å²) in [7, 11) is 0. The number of benzene rings is 2. The standard InChI is InChI=1S/C22H19FN2O2/c23-18-12-19-20(27-21(26)25-19)11-17(18)22(8-3-9-24-22)13-14-6-7-15-4-1-2-5-16(15)10-14/h1-5,8-9,11-12,14H,6-7,10,13H2,(H,25,26). The summed E-state index contributed by atoms with van der Waals surface area (Å²) < 4.78 is 20.1. The minimum Gasteiger partial charge on any atom is -0.408 e. The van der Waals surface area contributed by atoms with Crippen LogP contribution in [-0.4, -0.2) is 11.2 Å². The summed E-state index contributed by atoms with van der Waals surface area (Å²) in [4.78, 5) is 18.6. The third-order valence-corrected chi connectivity index (χ3v) is 5.79. The van der Waals surface area contributed by atoms with E-state index < -0.39 is 11.3 Å². The van der Waals surface area contributed by atoms with Gasteiger partial charge in [0.05, 0.1) is 5.52 Å². The maximum Gasteiger partial charge on any atom is 0.417 e. The first-order valence-electron chi connectivity index (χ1n) is 9.26. The molecule has 1 aromatic heterocycles. The van der Waals surface area contributed by atoms with Crippen LogP contribution in [0.2, 0.25) is 0 Å². The number of fused-ring (bicyclic) bond motifs is 2. The van der Waals surface area contributed by atoms with Gasteiger partial charge in [-0.25, -0.2) is 9.18 Å².